The van der Waals surface area contributed by atoms with Gasteiger partial charge in [0.25, 0.3) is 0 Å². The number of fused-ring (bicyclic) bond motifs is 1. The molecule has 2 atom stereocenters. The zero-order valence-corrected chi connectivity index (χ0v) is 14.6. The van der Waals surface area contributed by atoms with E-state index >= 15 is 0 Å². The second kappa shape index (κ2) is 8.27. The molecule has 1 amide bonds. The first-order chi connectivity index (χ1) is 12.2. The van der Waals surface area contributed by atoms with Gasteiger partial charge in [0.05, 0.1) is 6.04 Å². The first-order valence-corrected chi connectivity index (χ1v) is 9.26. The molecule has 1 unspecified atom stereocenters. The summed E-state index contributed by atoms with van der Waals surface area (Å²) in [5.41, 5.74) is 1.05. The highest BCUT2D eigenvalue weighted by Crippen LogP contribution is 2.21. The van der Waals surface area contributed by atoms with Crippen LogP contribution in [0.5, 0.6) is 0 Å². The van der Waals surface area contributed by atoms with Crippen LogP contribution in [0.4, 0.5) is 0 Å². The molecule has 1 heterocycles. The SMILES string of the molecule is O=C[C@@H]1CSNC1C(=O)CCC(=O)NCc1cccc2ccccc12. The molecule has 130 valence electrons. The molecule has 0 aromatic heterocycles. The number of rotatable bonds is 7. The van der Waals surface area contributed by atoms with Crippen molar-refractivity contribution in [1.82, 2.24) is 10.0 Å². The molecule has 1 saturated heterocycles. The van der Waals surface area contributed by atoms with Gasteiger partial charge in [-0.1, -0.05) is 54.4 Å². The summed E-state index contributed by atoms with van der Waals surface area (Å²) in [7, 11) is 0. The van der Waals surface area contributed by atoms with Crippen LogP contribution in [-0.4, -0.2) is 29.8 Å². The standard InChI is InChI=1S/C19H20N2O3S/c22-11-15-12-25-21-19(15)17(23)8-9-18(24)20-10-14-6-3-5-13-4-1-2-7-16(13)14/h1-7,11,15,19,21H,8-10,12H2,(H,20,24)/t15-,19?/m1/s1. The van der Waals surface area contributed by atoms with Gasteiger partial charge >= 0.3 is 0 Å². The average molecular weight is 356 g/mol. The number of Topliss-reactive ketones (excluding diaryl/α,β-unsaturated/α-hetero) is 1. The van der Waals surface area contributed by atoms with Gasteiger partial charge in [0.15, 0.2) is 5.78 Å². The highest BCUT2D eigenvalue weighted by molar-refractivity contribution is 7.97. The highest BCUT2D eigenvalue weighted by atomic mass is 32.2. The third-order valence-electron chi connectivity index (χ3n) is 4.39. The highest BCUT2D eigenvalue weighted by Gasteiger charge is 2.32. The molecule has 25 heavy (non-hydrogen) atoms. The summed E-state index contributed by atoms with van der Waals surface area (Å²) in [4.78, 5) is 35.2. The fourth-order valence-corrected chi connectivity index (χ4v) is 4.01. The van der Waals surface area contributed by atoms with E-state index in [0.29, 0.717) is 12.3 Å². The van der Waals surface area contributed by atoms with Gasteiger partial charge in [-0.25, -0.2) is 0 Å². The van der Waals surface area contributed by atoms with Gasteiger partial charge in [0.2, 0.25) is 5.91 Å². The van der Waals surface area contributed by atoms with Crippen molar-refractivity contribution in [3.8, 4) is 0 Å². The molecule has 2 aromatic carbocycles. The maximum atomic E-state index is 12.2. The number of aldehydes is 1. The van der Waals surface area contributed by atoms with Gasteiger partial charge in [-0.2, -0.15) is 0 Å². The monoisotopic (exact) mass is 356 g/mol. The lowest BCUT2D eigenvalue weighted by Crippen LogP contribution is -2.36. The van der Waals surface area contributed by atoms with E-state index in [-0.39, 0.29) is 30.4 Å². The van der Waals surface area contributed by atoms with Crippen LogP contribution in [0, 0.1) is 5.92 Å². The molecule has 1 aliphatic rings. The van der Waals surface area contributed by atoms with Crippen LogP contribution < -0.4 is 10.0 Å². The summed E-state index contributed by atoms with van der Waals surface area (Å²) >= 11 is 1.38. The molecule has 0 aliphatic carbocycles. The van der Waals surface area contributed by atoms with E-state index in [1.54, 1.807) is 0 Å². The Morgan fingerprint density at radius 2 is 1.96 bits per heavy atom. The van der Waals surface area contributed by atoms with Crippen molar-refractivity contribution in [2.75, 3.05) is 5.75 Å². The lowest BCUT2D eigenvalue weighted by Gasteiger charge is -2.12. The zero-order chi connectivity index (χ0) is 17.6. The fraction of sp³-hybridized carbons (Fsp3) is 0.316. The zero-order valence-electron chi connectivity index (χ0n) is 13.7. The largest absolute Gasteiger partial charge is 0.352 e. The van der Waals surface area contributed by atoms with Crippen LogP contribution in [-0.2, 0) is 20.9 Å². The lowest BCUT2D eigenvalue weighted by atomic mass is 9.97. The van der Waals surface area contributed by atoms with Gasteiger partial charge in [0.1, 0.15) is 6.29 Å². The smallest absolute Gasteiger partial charge is 0.220 e. The number of ketones is 1. The number of carbonyl (C=O) groups excluding carboxylic acids is 3. The minimum absolute atomic E-state index is 0.0811. The van der Waals surface area contributed by atoms with Gasteiger partial charge < -0.3 is 10.1 Å². The molecule has 5 nitrogen and oxygen atoms in total. The fourth-order valence-electron chi connectivity index (χ4n) is 2.96. The van der Waals surface area contributed by atoms with Crippen molar-refractivity contribution in [2.24, 2.45) is 5.92 Å². The minimum Gasteiger partial charge on any atom is -0.352 e. The van der Waals surface area contributed by atoms with Gasteiger partial charge in [0, 0.05) is 31.1 Å². The van der Waals surface area contributed by atoms with Crippen LogP contribution >= 0.6 is 11.9 Å². The Hall–Kier alpha value is -2.18. The molecule has 0 bridgehead atoms. The molecular formula is C19H20N2O3S. The number of hydrogen-bond donors (Lipinski definition) is 2. The van der Waals surface area contributed by atoms with E-state index < -0.39 is 6.04 Å². The van der Waals surface area contributed by atoms with E-state index in [9.17, 15) is 14.4 Å². The van der Waals surface area contributed by atoms with Crippen molar-refractivity contribution >= 4 is 40.7 Å². The lowest BCUT2D eigenvalue weighted by molar-refractivity contribution is -0.127. The summed E-state index contributed by atoms with van der Waals surface area (Å²) in [6, 6.07) is 13.6. The Balaban J connectivity index is 1.51. The number of amides is 1. The molecule has 2 aromatic rings. The summed E-state index contributed by atoms with van der Waals surface area (Å²) in [6.45, 7) is 0.433. The molecule has 1 aliphatic heterocycles. The van der Waals surface area contributed by atoms with Crippen molar-refractivity contribution in [2.45, 2.75) is 25.4 Å². The Kier molecular flexibility index (Phi) is 5.83. The molecular weight excluding hydrogens is 336 g/mol. The van der Waals surface area contributed by atoms with Crippen LogP contribution in [0.15, 0.2) is 42.5 Å². The normalized spacial score (nSPS) is 19.7. The predicted molar refractivity (Wildman–Crippen MR) is 99.0 cm³/mol. The number of carbonyl (C=O) groups is 3. The van der Waals surface area contributed by atoms with Crippen LogP contribution in [0.3, 0.4) is 0 Å². The Morgan fingerprint density at radius 1 is 1.16 bits per heavy atom. The van der Waals surface area contributed by atoms with Gasteiger partial charge in [-0.15, -0.1) is 0 Å². The van der Waals surface area contributed by atoms with E-state index in [4.69, 9.17) is 0 Å². The summed E-state index contributed by atoms with van der Waals surface area (Å²) < 4.78 is 2.96. The van der Waals surface area contributed by atoms with Crippen molar-refractivity contribution in [1.29, 1.82) is 0 Å². The quantitative estimate of drug-likeness (QED) is 0.588. The number of benzene rings is 2. The van der Waals surface area contributed by atoms with Crippen LogP contribution in [0.1, 0.15) is 18.4 Å². The molecule has 1 fully saturated rings. The minimum atomic E-state index is -0.464. The summed E-state index contributed by atoms with van der Waals surface area (Å²) in [5.74, 6) is 0.0703. The Labute approximate surface area is 150 Å². The number of nitrogens with one attached hydrogen (secondary N) is 2. The number of hydrogen-bond acceptors (Lipinski definition) is 5. The molecule has 6 heteroatoms. The Bertz CT molecular complexity index is 788. The third-order valence-corrected chi connectivity index (χ3v) is 5.36. The van der Waals surface area contributed by atoms with E-state index in [0.717, 1.165) is 22.6 Å². The summed E-state index contributed by atoms with van der Waals surface area (Å²) in [5, 5.41) is 5.12. The first-order valence-electron chi connectivity index (χ1n) is 8.27. The van der Waals surface area contributed by atoms with Crippen LogP contribution in [0.2, 0.25) is 0 Å². The van der Waals surface area contributed by atoms with Gasteiger partial charge in [-0.3, -0.25) is 14.3 Å². The second-order valence-corrected chi connectivity index (χ2v) is 6.95. The van der Waals surface area contributed by atoms with E-state index in [1.165, 1.54) is 11.9 Å². The molecule has 0 saturated carbocycles. The first kappa shape index (κ1) is 17.6. The predicted octanol–water partition coefficient (Wildman–Crippen LogP) is 2.24. The molecule has 2 N–H and O–H groups in total. The second-order valence-electron chi connectivity index (χ2n) is 6.09. The van der Waals surface area contributed by atoms with Gasteiger partial charge in [-0.05, 0) is 16.3 Å². The van der Waals surface area contributed by atoms with E-state index in [2.05, 4.69) is 10.0 Å². The molecule has 0 spiro atoms. The van der Waals surface area contributed by atoms with Crippen molar-refractivity contribution in [3.05, 3.63) is 48.0 Å². The van der Waals surface area contributed by atoms with Crippen LogP contribution in [0.25, 0.3) is 10.8 Å². The Morgan fingerprint density at radius 3 is 2.80 bits per heavy atom. The maximum absolute atomic E-state index is 12.2. The topological polar surface area (TPSA) is 75.3 Å². The molecule has 3 rings (SSSR count). The van der Waals surface area contributed by atoms with Crippen molar-refractivity contribution in [3.63, 3.8) is 0 Å². The van der Waals surface area contributed by atoms with E-state index in [1.807, 2.05) is 42.5 Å². The maximum Gasteiger partial charge on any atom is 0.220 e. The third kappa shape index (κ3) is 4.27. The average Bonchev–Trinajstić information content (AvgIpc) is 3.13. The summed E-state index contributed by atoms with van der Waals surface area (Å²) in [6.07, 6.45) is 1.10. The molecule has 0 radical (unpaired) electrons. The van der Waals surface area contributed by atoms with Crippen molar-refractivity contribution < 1.29 is 14.4 Å².